The molecule has 0 saturated heterocycles. The highest BCUT2D eigenvalue weighted by atomic mass is 16.3. The predicted molar refractivity (Wildman–Crippen MR) is 67.9 cm³/mol. The van der Waals surface area contributed by atoms with Gasteiger partial charge in [0, 0.05) is 18.9 Å². The maximum atomic E-state index is 10.5. The third-order valence-electron chi connectivity index (χ3n) is 3.42. The second kappa shape index (κ2) is 5.78. The van der Waals surface area contributed by atoms with Crippen LogP contribution in [0.2, 0.25) is 0 Å². The average molecular weight is 246 g/mol. The summed E-state index contributed by atoms with van der Waals surface area (Å²) >= 11 is 0. The summed E-state index contributed by atoms with van der Waals surface area (Å²) < 4.78 is 0. The van der Waals surface area contributed by atoms with Gasteiger partial charge >= 0.3 is 0 Å². The highest BCUT2D eigenvalue weighted by molar-refractivity contribution is 5.46. The molecule has 0 radical (unpaired) electrons. The summed E-state index contributed by atoms with van der Waals surface area (Å²) in [5.74, 6) is 0.456. The lowest BCUT2D eigenvalue weighted by Crippen LogP contribution is -2.36. The number of rotatable bonds is 3. The van der Waals surface area contributed by atoms with E-state index in [4.69, 9.17) is 5.26 Å². The van der Waals surface area contributed by atoms with Crippen molar-refractivity contribution in [2.45, 2.75) is 44.1 Å². The van der Waals surface area contributed by atoms with E-state index in [-0.39, 0.29) is 5.69 Å². The number of anilines is 1. The molecule has 1 heterocycles. The van der Waals surface area contributed by atoms with E-state index in [1.807, 2.05) is 6.07 Å². The summed E-state index contributed by atoms with van der Waals surface area (Å²) in [4.78, 5) is 8.02. The summed E-state index contributed by atoms with van der Waals surface area (Å²) in [6.07, 6.45) is 9.15. The lowest BCUT2D eigenvalue weighted by molar-refractivity contribution is 0.0380. The number of aliphatic hydroxyl groups is 1. The predicted octanol–water partition coefficient (Wildman–Crippen LogP) is 1.85. The molecular formula is C13H18N4O. The Labute approximate surface area is 107 Å². The zero-order valence-electron chi connectivity index (χ0n) is 10.4. The topological polar surface area (TPSA) is 81.8 Å². The fourth-order valence-corrected chi connectivity index (χ4v) is 2.36. The molecule has 1 aromatic rings. The normalized spacial score (nSPS) is 18.7. The minimum absolute atomic E-state index is 0.273. The number of nitrogens with one attached hydrogen (secondary N) is 1. The lowest BCUT2D eigenvalue weighted by atomic mass is 9.94. The van der Waals surface area contributed by atoms with E-state index in [2.05, 4.69) is 15.3 Å². The van der Waals surface area contributed by atoms with Crippen LogP contribution in [0.15, 0.2) is 12.4 Å². The molecule has 0 aromatic carbocycles. The van der Waals surface area contributed by atoms with Crippen LogP contribution in [0.25, 0.3) is 0 Å². The van der Waals surface area contributed by atoms with Crippen LogP contribution >= 0.6 is 0 Å². The van der Waals surface area contributed by atoms with Crippen LogP contribution in [0.1, 0.15) is 44.2 Å². The van der Waals surface area contributed by atoms with Crippen molar-refractivity contribution < 1.29 is 5.11 Å². The Morgan fingerprint density at radius 1 is 1.22 bits per heavy atom. The quantitative estimate of drug-likeness (QED) is 0.795. The van der Waals surface area contributed by atoms with Gasteiger partial charge in [-0.05, 0) is 12.8 Å². The van der Waals surface area contributed by atoms with Crippen LogP contribution in [0.5, 0.6) is 0 Å². The highest BCUT2D eigenvalue weighted by Crippen LogP contribution is 2.27. The molecule has 0 aliphatic heterocycles. The van der Waals surface area contributed by atoms with Crippen LogP contribution in [-0.2, 0) is 0 Å². The first kappa shape index (κ1) is 12.8. The number of aromatic nitrogens is 2. The molecule has 2 N–H and O–H groups in total. The lowest BCUT2D eigenvalue weighted by Gasteiger charge is -2.27. The van der Waals surface area contributed by atoms with Gasteiger partial charge in [-0.2, -0.15) is 5.26 Å². The van der Waals surface area contributed by atoms with Crippen molar-refractivity contribution >= 4 is 5.82 Å². The molecule has 2 rings (SSSR count). The molecule has 0 amide bonds. The summed E-state index contributed by atoms with van der Waals surface area (Å²) in [5.41, 5.74) is -0.407. The van der Waals surface area contributed by atoms with Gasteiger partial charge in [-0.3, -0.25) is 0 Å². The van der Waals surface area contributed by atoms with E-state index in [0.717, 1.165) is 25.7 Å². The van der Waals surface area contributed by atoms with E-state index < -0.39 is 5.60 Å². The molecule has 1 aliphatic rings. The van der Waals surface area contributed by atoms with E-state index in [0.29, 0.717) is 12.4 Å². The first-order chi connectivity index (χ1) is 8.73. The van der Waals surface area contributed by atoms with Crippen LogP contribution in [0.3, 0.4) is 0 Å². The standard InChI is InChI=1S/C13H18N4O/c14-9-11-12(16-8-7-15-11)17-10-13(18)5-3-1-2-4-6-13/h7-8,18H,1-6,10H2,(H,16,17). The van der Waals surface area contributed by atoms with Crippen molar-refractivity contribution in [2.75, 3.05) is 11.9 Å². The second-order valence-corrected chi connectivity index (χ2v) is 4.86. The number of nitriles is 1. The number of hydrogen-bond donors (Lipinski definition) is 2. The van der Waals surface area contributed by atoms with Gasteiger partial charge in [0.15, 0.2) is 11.5 Å². The first-order valence-corrected chi connectivity index (χ1v) is 6.41. The Bertz CT molecular complexity index is 433. The Morgan fingerprint density at radius 3 is 2.56 bits per heavy atom. The minimum Gasteiger partial charge on any atom is -0.388 e. The third-order valence-corrected chi connectivity index (χ3v) is 3.42. The molecule has 0 spiro atoms. The molecule has 0 unspecified atom stereocenters. The van der Waals surface area contributed by atoms with Crippen molar-refractivity contribution in [3.63, 3.8) is 0 Å². The largest absolute Gasteiger partial charge is 0.388 e. The molecule has 5 heteroatoms. The van der Waals surface area contributed by atoms with Crippen molar-refractivity contribution in [2.24, 2.45) is 0 Å². The van der Waals surface area contributed by atoms with Gasteiger partial charge in [0.1, 0.15) is 6.07 Å². The van der Waals surface area contributed by atoms with Crippen LogP contribution in [0, 0.1) is 11.3 Å². The van der Waals surface area contributed by atoms with E-state index in [1.54, 1.807) is 6.20 Å². The molecule has 0 bridgehead atoms. The zero-order valence-corrected chi connectivity index (χ0v) is 10.4. The maximum Gasteiger partial charge on any atom is 0.182 e. The van der Waals surface area contributed by atoms with Gasteiger partial charge in [-0.25, -0.2) is 9.97 Å². The summed E-state index contributed by atoms with van der Waals surface area (Å²) in [6.45, 7) is 0.431. The van der Waals surface area contributed by atoms with Gasteiger partial charge in [-0.1, -0.05) is 25.7 Å². The molecule has 0 atom stereocenters. The maximum absolute atomic E-state index is 10.5. The van der Waals surface area contributed by atoms with E-state index >= 15 is 0 Å². The van der Waals surface area contributed by atoms with E-state index in [1.165, 1.54) is 19.0 Å². The van der Waals surface area contributed by atoms with Gasteiger partial charge in [-0.15, -0.1) is 0 Å². The SMILES string of the molecule is N#Cc1nccnc1NCC1(O)CCCCCC1. The van der Waals surface area contributed by atoms with Crippen molar-refractivity contribution in [3.05, 3.63) is 18.1 Å². The molecule has 5 nitrogen and oxygen atoms in total. The van der Waals surface area contributed by atoms with Crippen molar-refractivity contribution in [1.29, 1.82) is 5.26 Å². The van der Waals surface area contributed by atoms with Crippen molar-refractivity contribution in [3.8, 4) is 6.07 Å². The average Bonchev–Trinajstić information content (AvgIpc) is 2.62. The Balaban J connectivity index is 2.00. The molecule has 18 heavy (non-hydrogen) atoms. The smallest absolute Gasteiger partial charge is 0.182 e. The Hall–Kier alpha value is -1.67. The fraction of sp³-hybridized carbons (Fsp3) is 0.615. The summed E-state index contributed by atoms with van der Waals surface area (Å²) in [7, 11) is 0. The number of nitrogens with zero attached hydrogens (tertiary/aromatic N) is 3. The number of hydrogen-bond acceptors (Lipinski definition) is 5. The van der Waals surface area contributed by atoms with Crippen LogP contribution < -0.4 is 5.32 Å². The zero-order chi connectivity index (χ0) is 12.8. The van der Waals surface area contributed by atoms with Crippen molar-refractivity contribution in [1.82, 2.24) is 9.97 Å². The Morgan fingerprint density at radius 2 is 1.89 bits per heavy atom. The fourth-order valence-electron chi connectivity index (χ4n) is 2.36. The van der Waals surface area contributed by atoms with Crippen LogP contribution in [-0.4, -0.2) is 27.2 Å². The van der Waals surface area contributed by atoms with Gasteiger partial charge in [0.05, 0.1) is 5.60 Å². The van der Waals surface area contributed by atoms with Crippen LogP contribution in [0.4, 0.5) is 5.82 Å². The van der Waals surface area contributed by atoms with Gasteiger partial charge in [0.2, 0.25) is 0 Å². The monoisotopic (exact) mass is 246 g/mol. The third kappa shape index (κ3) is 3.17. The minimum atomic E-state index is -0.680. The molecule has 1 aromatic heterocycles. The highest BCUT2D eigenvalue weighted by Gasteiger charge is 2.28. The second-order valence-electron chi connectivity index (χ2n) is 4.86. The Kier molecular flexibility index (Phi) is 4.11. The molecular weight excluding hydrogens is 228 g/mol. The summed E-state index contributed by atoms with van der Waals surface area (Å²) in [5, 5.41) is 22.4. The molecule has 1 aliphatic carbocycles. The van der Waals surface area contributed by atoms with Gasteiger partial charge < -0.3 is 10.4 Å². The van der Waals surface area contributed by atoms with E-state index in [9.17, 15) is 5.11 Å². The molecule has 96 valence electrons. The first-order valence-electron chi connectivity index (χ1n) is 6.41. The summed E-state index contributed by atoms with van der Waals surface area (Å²) in [6, 6.07) is 1.99. The molecule has 1 saturated carbocycles. The van der Waals surface area contributed by atoms with Gasteiger partial charge in [0.25, 0.3) is 0 Å². The molecule has 1 fully saturated rings.